The van der Waals surface area contributed by atoms with Crippen molar-refractivity contribution in [1.82, 2.24) is 14.9 Å². The molecule has 3 aliphatic rings. The standard InChI is InChI=1S/C14H19N3O3/c18-14-10-8-19-5-3-11(10)15-13(16-14)12-6-17-4-1-2-9(17)7-20-12/h9,12H,1-8H2,(H,15,16,18). The van der Waals surface area contributed by atoms with E-state index in [1.807, 2.05) is 0 Å². The van der Waals surface area contributed by atoms with Crippen molar-refractivity contribution in [3.05, 3.63) is 27.4 Å². The van der Waals surface area contributed by atoms with Gasteiger partial charge in [0.25, 0.3) is 5.56 Å². The Balaban J connectivity index is 1.62. The summed E-state index contributed by atoms with van der Waals surface area (Å²) in [5, 5.41) is 0. The SMILES string of the molecule is O=c1[nH]c(C2CN3CCCC3CO2)nc2c1COCC2. The van der Waals surface area contributed by atoms with Crippen molar-refractivity contribution >= 4 is 0 Å². The summed E-state index contributed by atoms with van der Waals surface area (Å²) in [4.78, 5) is 22.1. The Kier molecular flexibility index (Phi) is 3.09. The van der Waals surface area contributed by atoms with Gasteiger partial charge in [0.05, 0.1) is 31.1 Å². The first-order valence-electron chi connectivity index (χ1n) is 7.36. The molecule has 20 heavy (non-hydrogen) atoms. The van der Waals surface area contributed by atoms with Gasteiger partial charge in [-0.1, -0.05) is 0 Å². The number of ether oxygens (including phenoxy) is 2. The number of rotatable bonds is 1. The average molecular weight is 277 g/mol. The monoisotopic (exact) mass is 277 g/mol. The van der Waals surface area contributed by atoms with E-state index >= 15 is 0 Å². The summed E-state index contributed by atoms with van der Waals surface area (Å²) in [7, 11) is 0. The third kappa shape index (κ3) is 2.08. The molecule has 6 heteroatoms. The zero-order valence-electron chi connectivity index (χ0n) is 11.4. The van der Waals surface area contributed by atoms with Gasteiger partial charge in [-0.2, -0.15) is 0 Å². The summed E-state index contributed by atoms with van der Waals surface area (Å²) in [6, 6.07) is 0.559. The lowest BCUT2D eigenvalue weighted by Gasteiger charge is -2.34. The van der Waals surface area contributed by atoms with Gasteiger partial charge < -0.3 is 14.5 Å². The van der Waals surface area contributed by atoms with Crippen LogP contribution in [-0.4, -0.2) is 47.2 Å². The van der Waals surface area contributed by atoms with Gasteiger partial charge in [-0.05, 0) is 19.4 Å². The fourth-order valence-corrected chi connectivity index (χ4v) is 3.40. The summed E-state index contributed by atoms with van der Waals surface area (Å²) in [5.41, 5.74) is 1.48. The van der Waals surface area contributed by atoms with Crippen LogP contribution in [0.2, 0.25) is 0 Å². The van der Waals surface area contributed by atoms with E-state index in [4.69, 9.17) is 9.47 Å². The molecule has 1 aromatic rings. The third-order valence-corrected chi connectivity index (χ3v) is 4.54. The van der Waals surface area contributed by atoms with Crippen molar-refractivity contribution in [2.45, 2.75) is 38.0 Å². The second-order valence-electron chi connectivity index (χ2n) is 5.79. The van der Waals surface area contributed by atoms with Crippen molar-refractivity contribution in [3.63, 3.8) is 0 Å². The van der Waals surface area contributed by atoms with Gasteiger partial charge in [0.1, 0.15) is 11.9 Å². The molecule has 6 nitrogen and oxygen atoms in total. The van der Waals surface area contributed by atoms with Gasteiger partial charge in [0, 0.05) is 19.0 Å². The predicted molar refractivity (Wildman–Crippen MR) is 71.5 cm³/mol. The minimum absolute atomic E-state index is 0.0724. The molecule has 4 rings (SSSR count). The summed E-state index contributed by atoms with van der Waals surface area (Å²) in [6.45, 7) is 3.73. The lowest BCUT2D eigenvalue weighted by molar-refractivity contribution is -0.0544. The normalized spacial score (nSPS) is 30.0. The molecule has 2 fully saturated rings. The molecule has 2 unspecified atom stereocenters. The molecule has 4 heterocycles. The summed E-state index contributed by atoms with van der Waals surface area (Å²) >= 11 is 0. The number of aromatic nitrogens is 2. The Morgan fingerprint density at radius 3 is 3.30 bits per heavy atom. The van der Waals surface area contributed by atoms with E-state index in [9.17, 15) is 4.79 Å². The number of morpholine rings is 1. The lowest BCUT2D eigenvalue weighted by Crippen LogP contribution is -2.43. The van der Waals surface area contributed by atoms with Gasteiger partial charge in [-0.15, -0.1) is 0 Å². The van der Waals surface area contributed by atoms with Gasteiger partial charge in [-0.25, -0.2) is 4.98 Å². The maximum Gasteiger partial charge on any atom is 0.256 e. The maximum absolute atomic E-state index is 12.1. The first-order chi connectivity index (χ1) is 9.81. The summed E-state index contributed by atoms with van der Waals surface area (Å²) < 4.78 is 11.2. The Bertz CT molecular complexity index is 571. The molecule has 3 aliphatic heterocycles. The van der Waals surface area contributed by atoms with Crippen LogP contribution in [0, 0.1) is 0 Å². The fourth-order valence-electron chi connectivity index (χ4n) is 3.40. The fraction of sp³-hybridized carbons (Fsp3) is 0.714. The van der Waals surface area contributed by atoms with E-state index < -0.39 is 0 Å². The Labute approximate surface area is 117 Å². The highest BCUT2D eigenvalue weighted by molar-refractivity contribution is 5.20. The second kappa shape index (κ2) is 4.95. The topological polar surface area (TPSA) is 67.5 Å². The van der Waals surface area contributed by atoms with Crippen molar-refractivity contribution in [1.29, 1.82) is 0 Å². The molecule has 0 saturated carbocycles. The quantitative estimate of drug-likeness (QED) is 0.803. The molecule has 1 N–H and O–H groups in total. The van der Waals surface area contributed by atoms with Crippen molar-refractivity contribution < 1.29 is 9.47 Å². The van der Waals surface area contributed by atoms with Crippen LogP contribution in [0.3, 0.4) is 0 Å². The number of aromatic amines is 1. The Hall–Kier alpha value is -1.24. The van der Waals surface area contributed by atoms with E-state index in [1.165, 1.54) is 12.8 Å². The second-order valence-corrected chi connectivity index (χ2v) is 5.79. The summed E-state index contributed by atoms with van der Waals surface area (Å²) in [5.74, 6) is 0.681. The maximum atomic E-state index is 12.1. The van der Waals surface area contributed by atoms with Crippen LogP contribution >= 0.6 is 0 Å². The summed E-state index contributed by atoms with van der Waals surface area (Å²) in [6.07, 6.45) is 3.07. The third-order valence-electron chi connectivity index (χ3n) is 4.54. The molecule has 0 bridgehead atoms. The van der Waals surface area contributed by atoms with E-state index in [-0.39, 0.29) is 11.7 Å². The zero-order valence-corrected chi connectivity index (χ0v) is 11.4. The van der Waals surface area contributed by atoms with Crippen LogP contribution in [0.25, 0.3) is 0 Å². The molecule has 0 spiro atoms. The molecule has 108 valence electrons. The van der Waals surface area contributed by atoms with E-state index in [2.05, 4.69) is 14.9 Å². The van der Waals surface area contributed by atoms with E-state index in [0.29, 0.717) is 37.1 Å². The molecule has 2 atom stereocenters. The molecule has 1 aromatic heterocycles. The van der Waals surface area contributed by atoms with Gasteiger partial charge >= 0.3 is 0 Å². The molecule has 0 radical (unpaired) electrons. The molecule has 0 amide bonds. The van der Waals surface area contributed by atoms with Crippen LogP contribution in [-0.2, 0) is 22.5 Å². The van der Waals surface area contributed by atoms with Crippen LogP contribution < -0.4 is 5.56 Å². The highest BCUT2D eigenvalue weighted by Gasteiger charge is 2.34. The zero-order chi connectivity index (χ0) is 13.5. The number of nitrogens with zero attached hydrogens (tertiary/aromatic N) is 2. The average Bonchev–Trinajstić information content (AvgIpc) is 2.94. The van der Waals surface area contributed by atoms with Crippen LogP contribution in [0.1, 0.15) is 36.0 Å². The van der Waals surface area contributed by atoms with Gasteiger partial charge in [-0.3, -0.25) is 9.69 Å². The smallest absolute Gasteiger partial charge is 0.256 e. The first-order valence-corrected chi connectivity index (χ1v) is 7.36. The highest BCUT2D eigenvalue weighted by atomic mass is 16.5. The van der Waals surface area contributed by atoms with Crippen molar-refractivity contribution in [2.24, 2.45) is 0 Å². The molecular formula is C14H19N3O3. The molecular weight excluding hydrogens is 258 g/mol. The molecule has 0 aromatic carbocycles. The number of fused-ring (bicyclic) bond motifs is 2. The number of hydrogen-bond acceptors (Lipinski definition) is 5. The highest BCUT2D eigenvalue weighted by Crippen LogP contribution is 2.28. The lowest BCUT2D eigenvalue weighted by atomic mass is 10.1. The van der Waals surface area contributed by atoms with E-state index in [0.717, 1.165) is 25.4 Å². The Morgan fingerprint density at radius 2 is 2.35 bits per heavy atom. The molecule has 2 saturated heterocycles. The van der Waals surface area contributed by atoms with E-state index in [1.54, 1.807) is 0 Å². The predicted octanol–water partition coefficient (Wildman–Crippen LogP) is 0.378. The molecule has 0 aliphatic carbocycles. The first kappa shape index (κ1) is 12.5. The van der Waals surface area contributed by atoms with Crippen molar-refractivity contribution in [2.75, 3.05) is 26.3 Å². The van der Waals surface area contributed by atoms with Crippen LogP contribution in [0.5, 0.6) is 0 Å². The minimum Gasteiger partial charge on any atom is -0.376 e. The largest absolute Gasteiger partial charge is 0.376 e. The van der Waals surface area contributed by atoms with Gasteiger partial charge in [0.15, 0.2) is 0 Å². The number of nitrogens with one attached hydrogen (secondary N) is 1. The van der Waals surface area contributed by atoms with Crippen LogP contribution in [0.15, 0.2) is 4.79 Å². The van der Waals surface area contributed by atoms with Crippen molar-refractivity contribution in [3.8, 4) is 0 Å². The number of hydrogen-bond donors (Lipinski definition) is 1. The minimum atomic E-state index is -0.106. The van der Waals surface area contributed by atoms with Gasteiger partial charge in [0.2, 0.25) is 0 Å². The number of H-pyrrole nitrogens is 1. The van der Waals surface area contributed by atoms with Crippen LogP contribution in [0.4, 0.5) is 0 Å². The Morgan fingerprint density at radius 1 is 1.40 bits per heavy atom.